The summed E-state index contributed by atoms with van der Waals surface area (Å²) in [6.45, 7) is 5.55. The molecule has 0 spiro atoms. The highest BCUT2D eigenvalue weighted by Gasteiger charge is 2.24. The van der Waals surface area contributed by atoms with E-state index in [1.807, 2.05) is 24.4 Å². The maximum Gasteiger partial charge on any atom is 0.227 e. The average Bonchev–Trinajstić information content (AvgIpc) is 3.27. The second-order valence-electron chi connectivity index (χ2n) is 8.35. The van der Waals surface area contributed by atoms with Crippen molar-refractivity contribution in [1.29, 1.82) is 0 Å². The number of furan rings is 1. The van der Waals surface area contributed by atoms with Gasteiger partial charge in [0.25, 0.3) is 0 Å². The molecule has 2 aromatic heterocycles. The van der Waals surface area contributed by atoms with E-state index >= 15 is 0 Å². The number of aromatic nitrogens is 1. The first-order chi connectivity index (χ1) is 14.3. The molecule has 156 valence electrons. The van der Waals surface area contributed by atoms with Crippen LogP contribution in [0.5, 0.6) is 0 Å². The van der Waals surface area contributed by atoms with Crippen LogP contribution in [0.1, 0.15) is 37.9 Å². The van der Waals surface area contributed by atoms with E-state index in [0.717, 1.165) is 56.5 Å². The van der Waals surface area contributed by atoms with Gasteiger partial charge >= 0.3 is 0 Å². The van der Waals surface area contributed by atoms with Gasteiger partial charge in [0.05, 0.1) is 12.7 Å². The zero-order valence-corrected chi connectivity index (χ0v) is 17.1. The van der Waals surface area contributed by atoms with Crippen molar-refractivity contribution < 1.29 is 9.21 Å². The first-order valence-corrected chi connectivity index (χ1v) is 11.0. The first kappa shape index (κ1) is 20.0. The molecule has 6 heteroatoms. The molecule has 1 N–H and O–H groups in total. The van der Waals surface area contributed by atoms with Crippen LogP contribution in [-0.4, -0.2) is 54.6 Å². The molecule has 2 aromatic rings. The third-order valence-electron chi connectivity index (χ3n) is 6.33. The summed E-state index contributed by atoms with van der Waals surface area (Å²) < 4.78 is 5.26. The molecule has 4 rings (SSSR count). The number of nitrogens with one attached hydrogen (secondary N) is 1. The molecule has 29 heavy (non-hydrogen) atoms. The van der Waals surface area contributed by atoms with E-state index in [-0.39, 0.29) is 5.91 Å². The summed E-state index contributed by atoms with van der Waals surface area (Å²) in [7, 11) is 0. The minimum absolute atomic E-state index is 0.0779. The van der Waals surface area contributed by atoms with Crippen molar-refractivity contribution in [1.82, 2.24) is 15.2 Å². The average molecular weight is 397 g/mol. The highest BCUT2D eigenvalue weighted by molar-refractivity contribution is 5.78. The summed E-state index contributed by atoms with van der Waals surface area (Å²) in [5, 5.41) is 3.18. The van der Waals surface area contributed by atoms with Crippen molar-refractivity contribution >= 4 is 11.7 Å². The van der Waals surface area contributed by atoms with E-state index in [4.69, 9.17) is 4.42 Å². The smallest absolute Gasteiger partial charge is 0.227 e. The fourth-order valence-electron chi connectivity index (χ4n) is 4.55. The highest BCUT2D eigenvalue weighted by Crippen LogP contribution is 2.27. The van der Waals surface area contributed by atoms with Gasteiger partial charge in [-0.2, -0.15) is 0 Å². The Labute approximate surface area is 173 Å². The van der Waals surface area contributed by atoms with Gasteiger partial charge in [0.1, 0.15) is 11.6 Å². The Hall–Kier alpha value is -2.34. The van der Waals surface area contributed by atoms with Gasteiger partial charge in [-0.3, -0.25) is 9.69 Å². The first-order valence-electron chi connectivity index (χ1n) is 11.0. The van der Waals surface area contributed by atoms with Gasteiger partial charge < -0.3 is 14.6 Å². The summed E-state index contributed by atoms with van der Waals surface area (Å²) in [6.07, 6.45) is 9.75. The van der Waals surface area contributed by atoms with Crippen LogP contribution in [0.4, 0.5) is 5.82 Å². The maximum absolute atomic E-state index is 12.1. The molecule has 0 radical (unpaired) electrons. The minimum Gasteiger partial charge on any atom is -0.469 e. The van der Waals surface area contributed by atoms with Gasteiger partial charge in [0, 0.05) is 38.4 Å². The zero-order chi connectivity index (χ0) is 19.9. The van der Waals surface area contributed by atoms with Crippen molar-refractivity contribution in [2.24, 2.45) is 5.92 Å². The summed E-state index contributed by atoms with van der Waals surface area (Å²) in [5.74, 6) is 2.70. The monoisotopic (exact) mass is 396 g/mol. The zero-order valence-electron chi connectivity index (χ0n) is 17.1. The molecule has 0 bridgehead atoms. The second kappa shape index (κ2) is 9.92. The number of hydrogen-bond acceptors (Lipinski definition) is 5. The molecule has 1 amide bonds. The van der Waals surface area contributed by atoms with Gasteiger partial charge in [-0.15, -0.1) is 0 Å². The Bertz CT molecular complexity index is 734. The summed E-state index contributed by atoms with van der Waals surface area (Å²) in [5.41, 5.74) is 0. The van der Waals surface area contributed by atoms with E-state index in [1.165, 1.54) is 25.8 Å². The van der Waals surface area contributed by atoms with E-state index in [2.05, 4.69) is 32.2 Å². The Kier molecular flexibility index (Phi) is 6.83. The molecule has 1 saturated carbocycles. The Morgan fingerprint density at radius 1 is 1.07 bits per heavy atom. The lowest BCUT2D eigenvalue weighted by Crippen LogP contribution is -2.47. The number of nitrogens with zero attached hydrogens (tertiary/aromatic N) is 3. The largest absolute Gasteiger partial charge is 0.469 e. The number of pyridine rings is 1. The number of carbonyl (C=O) groups is 1. The number of piperazine rings is 1. The van der Waals surface area contributed by atoms with Gasteiger partial charge in [-0.25, -0.2) is 4.98 Å². The normalized spacial score (nSPS) is 23.1. The van der Waals surface area contributed by atoms with Gasteiger partial charge in [0.2, 0.25) is 5.91 Å². The van der Waals surface area contributed by atoms with E-state index in [9.17, 15) is 4.79 Å². The molecule has 1 aliphatic heterocycles. The summed E-state index contributed by atoms with van der Waals surface area (Å²) in [4.78, 5) is 21.6. The van der Waals surface area contributed by atoms with Crippen molar-refractivity contribution in [3.05, 3.63) is 48.6 Å². The topological polar surface area (TPSA) is 61.6 Å². The third-order valence-corrected chi connectivity index (χ3v) is 6.33. The predicted octanol–water partition coefficient (Wildman–Crippen LogP) is 3.10. The van der Waals surface area contributed by atoms with Crippen LogP contribution in [0.25, 0.3) is 0 Å². The van der Waals surface area contributed by atoms with Gasteiger partial charge in [0.15, 0.2) is 0 Å². The Balaban J connectivity index is 1.11. The van der Waals surface area contributed by atoms with Crippen LogP contribution in [-0.2, 0) is 11.2 Å². The molecular formula is C23H32N4O2. The lowest BCUT2D eigenvalue weighted by atomic mass is 9.84. The molecule has 3 heterocycles. The lowest BCUT2D eigenvalue weighted by Gasteiger charge is -2.36. The predicted molar refractivity (Wildman–Crippen MR) is 114 cm³/mol. The SMILES string of the molecule is O=C(Cc1ccco1)NC1CCC(CCN2CCN(c3ccccn3)CC2)CC1. The maximum atomic E-state index is 12.1. The molecular weight excluding hydrogens is 364 g/mol. The van der Waals surface area contributed by atoms with Gasteiger partial charge in [-0.1, -0.05) is 6.07 Å². The fourth-order valence-corrected chi connectivity index (χ4v) is 4.55. The molecule has 6 nitrogen and oxygen atoms in total. The Morgan fingerprint density at radius 3 is 2.59 bits per heavy atom. The number of anilines is 1. The molecule has 0 atom stereocenters. The van der Waals surface area contributed by atoms with Crippen LogP contribution in [0.2, 0.25) is 0 Å². The lowest BCUT2D eigenvalue weighted by molar-refractivity contribution is -0.121. The van der Waals surface area contributed by atoms with Crippen molar-refractivity contribution in [3.63, 3.8) is 0 Å². The molecule has 1 aliphatic carbocycles. The van der Waals surface area contributed by atoms with Crippen LogP contribution < -0.4 is 10.2 Å². The van der Waals surface area contributed by atoms with Crippen molar-refractivity contribution in [2.75, 3.05) is 37.6 Å². The van der Waals surface area contributed by atoms with Crippen molar-refractivity contribution in [2.45, 2.75) is 44.6 Å². The van der Waals surface area contributed by atoms with Crippen LogP contribution in [0.15, 0.2) is 47.2 Å². The van der Waals surface area contributed by atoms with E-state index in [1.54, 1.807) is 6.26 Å². The standard InChI is InChI=1S/C23H32N4O2/c28-23(18-21-4-3-17-29-21)25-20-8-6-19(7-9-20)10-12-26-13-15-27(16-14-26)22-5-1-2-11-24-22/h1-5,11,17,19-20H,6-10,12-16,18H2,(H,25,28). The quantitative estimate of drug-likeness (QED) is 0.779. The Morgan fingerprint density at radius 2 is 1.90 bits per heavy atom. The number of amides is 1. The molecule has 2 fully saturated rings. The van der Waals surface area contributed by atoms with Crippen LogP contribution in [0.3, 0.4) is 0 Å². The molecule has 0 unspecified atom stereocenters. The van der Waals surface area contributed by atoms with E-state index < -0.39 is 0 Å². The summed E-state index contributed by atoms with van der Waals surface area (Å²) >= 11 is 0. The van der Waals surface area contributed by atoms with Gasteiger partial charge in [-0.05, 0) is 68.8 Å². The minimum atomic E-state index is 0.0779. The highest BCUT2D eigenvalue weighted by atomic mass is 16.3. The van der Waals surface area contributed by atoms with Crippen LogP contribution >= 0.6 is 0 Å². The van der Waals surface area contributed by atoms with Crippen molar-refractivity contribution in [3.8, 4) is 0 Å². The number of hydrogen-bond donors (Lipinski definition) is 1. The summed E-state index contributed by atoms with van der Waals surface area (Å²) in [6, 6.07) is 10.1. The number of rotatable bonds is 7. The second-order valence-corrected chi connectivity index (χ2v) is 8.35. The number of carbonyl (C=O) groups excluding carboxylic acids is 1. The molecule has 1 saturated heterocycles. The third kappa shape index (κ3) is 5.82. The fraction of sp³-hybridized carbons (Fsp3) is 0.565. The van der Waals surface area contributed by atoms with E-state index in [0.29, 0.717) is 12.5 Å². The van der Waals surface area contributed by atoms with Crippen LogP contribution in [0, 0.1) is 5.92 Å². The molecule has 2 aliphatic rings. The molecule has 0 aromatic carbocycles.